The molecule has 9 atom stereocenters. The number of aliphatic carboxylic acids is 5. The number of carboxylic acids is 5. The Kier molecular flexibility index (Phi) is 38.1. The second-order valence-corrected chi connectivity index (χ2v) is 29.1. The number of aromatic hydroxyl groups is 1. The monoisotopic (exact) mass is 1610 g/mol. The second-order valence-electron chi connectivity index (χ2n) is 29.1. The number of aliphatic hydroxyl groups excluding tert-OH is 2. The Morgan fingerprint density at radius 3 is 1.37 bits per heavy atom. The number of carbonyl (C=O) groups is 14. The molecule has 0 radical (unpaired) electrons. The Morgan fingerprint density at radius 1 is 0.461 bits per heavy atom. The summed E-state index contributed by atoms with van der Waals surface area (Å²) in [6.07, 6.45) is 3.04. The fourth-order valence-electron chi connectivity index (χ4n) is 13.5. The predicted octanol–water partition coefficient (Wildman–Crippen LogP) is -3.65. The minimum atomic E-state index is -1.90. The summed E-state index contributed by atoms with van der Waals surface area (Å²) in [5.74, 6) is -16.7. The number of aromatic amines is 1. The maximum Gasteiger partial charge on any atom is 0.328 e. The smallest absolute Gasteiger partial charge is 0.328 e. The quantitative estimate of drug-likeness (QED) is 0.0115. The second kappa shape index (κ2) is 47.3. The van der Waals surface area contributed by atoms with E-state index < -0.39 is 183 Å². The highest BCUT2D eigenvalue weighted by molar-refractivity contribution is 5.99. The highest BCUT2D eigenvalue weighted by Crippen LogP contribution is 2.28. The van der Waals surface area contributed by atoms with Crippen LogP contribution in [0.1, 0.15) is 94.7 Å². The molecule has 630 valence electrons. The number of nitrogens with two attached hydrogens (primary N) is 2. The molecule has 0 bridgehead atoms. The first-order chi connectivity index (χ1) is 54.7. The number of fused-ring (bicyclic) bond motifs is 1. The van der Waals surface area contributed by atoms with Gasteiger partial charge in [-0.25, -0.2) is 4.79 Å². The van der Waals surface area contributed by atoms with Gasteiger partial charge in [-0.15, -0.1) is 0 Å². The summed E-state index contributed by atoms with van der Waals surface area (Å²) in [5.41, 5.74) is 13.3. The van der Waals surface area contributed by atoms with Gasteiger partial charge in [0.2, 0.25) is 53.2 Å². The van der Waals surface area contributed by atoms with Crippen LogP contribution in [0.4, 0.5) is 0 Å². The van der Waals surface area contributed by atoms with Gasteiger partial charge in [-0.3, -0.25) is 86.9 Å². The lowest BCUT2D eigenvalue weighted by molar-refractivity contribution is -0.143. The number of nitrogens with one attached hydrogen (secondary N) is 10. The lowest BCUT2D eigenvalue weighted by atomic mass is 9.84. The fourth-order valence-corrected chi connectivity index (χ4v) is 13.5. The van der Waals surface area contributed by atoms with E-state index in [2.05, 4.69) is 57.8 Å². The molecule has 6 rings (SSSR count). The summed E-state index contributed by atoms with van der Waals surface area (Å²) in [6, 6.07) is 6.00. The Bertz CT molecular complexity index is 3940. The number of aliphatic imine (C=N–C) groups is 1. The van der Waals surface area contributed by atoms with Crippen molar-refractivity contribution in [2.45, 2.75) is 152 Å². The first-order valence-corrected chi connectivity index (χ1v) is 38.1. The van der Waals surface area contributed by atoms with Crippen molar-refractivity contribution in [1.29, 1.82) is 0 Å². The van der Waals surface area contributed by atoms with Gasteiger partial charge in [0.15, 0.2) is 5.96 Å². The van der Waals surface area contributed by atoms with Crippen molar-refractivity contribution in [1.82, 2.24) is 72.4 Å². The molecule has 0 spiro atoms. The molecule has 1 saturated heterocycles. The van der Waals surface area contributed by atoms with Crippen LogP contribution in [0.25, 0.3) is 10.9 Å². The van der Waals surface area contributed by atoms with Gasteiger partial charge >= 0.3 is 29.8 Å². The molecule has 9 amide bonds. The number of amides is 9. The van der Waals surface area contributed by atoms with Gasteiger partial charge in [0.25, 0.3) is 0 Å². The minimum Gasteiger partial charge on any atom is -0.508 e. The Balaban J connectivity index is 1.24. The standard InChI is InChI=1S/C76H109N17O22/c1-45(2)32-54(68(107)87-58(72(111)89-61(44-95)75(114)115)36-49-38-80-52-17-10-9-16-51(49)52)83-69(108)57(35-48-19-21-50(96)22-20-48)84-67(106)53(18-11-23-79-76(77)78)82-74(113)60(43-94)88-71(110)56(34-47-14-7-4-8-15-47)85-70(109)55(33-46-12-5-3-6-13-46)86-73(112)59(37-63(98)99)81-62(97)39-90-24-26-91(40-64(100)101)28-30-93(42-66(104)105)31-29-92(27-25-90)41-65(102)103/h4,7-10,14-17,19-22,38,45-46,53-61,80,94-96H,3,5-6,11-13,18,23-37,39-44H2,1-2H3,(H,81,97)(H,82,113)(H,83,108)(H,84,106)(H,85,109)(H,86,112)(H,87,107)(H,88,110)(H,89,111)(H,98,99)(H,100,101)(H,102,103)(H,104,105)(H,114,115)(H4,77,78,79)/t53-,54+,55+,56+,57+,58+,59+,60-,61+/m1/s1. The van der Waals surface area contributed by atoms with Crippen molar-refractivity contribution in [3.8, 4) is 5.75 Å². The van der Waals surface area contributed by atoms with Gasteiger partial charge in [0.1, 0.15) is 60.1 Å². The Hall–Kier alpha value is -11.4. The van der Waals surface area contributed by atoms with Crippen LogP contribution in [0.3, 0.4) is 0 Å². The van der Waals surface area contributed by atoms with Crippen molar-refractivity contribution in [3.63, 3.8) is 0 Å². The largest absolute Gasteiger partial charge is 0.508 e. The molecule has 4 aromatic rings. The van der Waals surface area contributed by atoms with Gasteiger partial charge in [-0.05, 0) is 72.4 Å². The fraction of sp³-hybridized carbons (Fsp3) is 0.539. The van der Waals surface area contributed by atoms with Crippen molar-refractivity contribution in [3.05, 3.63) is 102 Å². The van der Waals surface area contributed by atoms with Crippen LogP contribution >= 0.6 is 0 Å². The molecule has 2 heterocycles. The summed E-state index contributed by atoms with van der Waals surface area (Å²) < 4.78 is 0. The zero-order chi connectivity index (χ0) is 84.3. The predicted molar refractivity (Wildman–Crippen MR) is 415 cm³/mol. The van der Waals surface area contributed by atoms with E-state index in [0.29, 0.717) is 40.4 Å². The third kappa shape index (κ3) is 32.9. The Morgan fingerprint density at radius 2 is 0.878 bits per heavy atom. The van der Waals surface area contributed by atoms with Crippen molar-refractivity contribution in [2.24, 2.45) is 28.3 Å². The number of nitrogens with zero attached hydrogens (tertiary/aromatic N) is 5. The number of hydrogen-bond donors (Lipinski definition) is 20. The van der Waals surface area contributed by atoms with Gasteiger partial charge in [0, 0.05) is 95.3 Å². The zero-order valence-electron chi connectivity index (χ0n) is 64.4. The number of carboxylic acid groups (broad SMARTS) is 5. The molecule has 2 fully saturated rings. The molecule has 1 aromatic heterocycles. The van der Waals surface area contributed by atoms with Crippen LogP contribution in [0, 0.1) is 11.8 Å². The van der Waals surface area contributed by atoms with Crippen LogP contribution in [-0.4, -0.2) is 307 Å². The molecule has 1 aliphatic heterocycles. The maximum absolute atomic E-state index is 15.0. The van der Waals surface area contributed by atoms with E-state index in [1.165, 1.54) is 34.1 Å². The van der Waals surface area contributed by atoms with E-state index in [9.17, 15) is 108 Å². The number of H-pyrrole nitrogens is 1. The summed E-state index contributed by atoms with van der Waals surface area (Å²) in [7, 11) is 0. The van der Waals surface area contributed by atoms with Crippen LogP contribution in [-0.2, 0) is 86.4 Å². The number of phenols is 1. The van der Waals surface area contributed by atoms with Crippen LogP contribution in [0.2, 0.25) is 0 Å². The summed E-state index contributed by atoms with van der Waals surface area (Å²) >= 11 is 0. The molecule has 2 aliphatic rings. The molecule has 3 aromatic carbocycles. The summed E-state index contributed by atoms with van der Waals surface area (Å²) in [4.78, 5) is 205. The average Bonchev–Trinajstić information content (AvgIpc) is 1.72. The number of benzene rings is 3. The van der Waals surface area contributed by atoms with Crippen molar-refractivity contribution in [2.75, 3.05) is 98.3 Å². The lowest BCUT2D eigenvalue weighted by Gasteiger charge is -2.33. The number of aliphatic hydroxyl groups is 2. The highest BCUT2D eigenvalue weighted by Gasteiger charge is 2.38. The van der Waals surface area contributed by atoms with Gasteiger partial charge < -0.3 is 105 Å². The zero-order valence-corrected chi connectivity index (χ0v) is 64.4. The number of hydrogen-bond acceptors (Lipinski definition) is 22. The van der Waals surface area contributed by atoms with Crippen LogP contribution in [0.15, 0.2) is 90.1 Å². The molecule has 1 saturated carbocycles. The van der Waals surface area contributed by atoms with Crippen molar-refractivity contribution >= 4 is 99.9 Å². The maximum atomic E-state index is 15.0. The first-order valence-electron chi connectivity index (χ1n) is 38.1. The number of phenolic OH excluding ortho intramolecular Hbond substituents is 1. The van der Waals surface area contributed by atoms with Crippen molar-refractivity contribution < 1.29 is 108 Å². The number of guanidine groups is 1. The number of aromatic nitrogens is 1. The third-order valence-corrected chi connectivity index (χ3v) is 19.5. The molecular formula is C76H109N17O22. The topological polar surface area (TPSA) is 602 Å². The van der Waals surface area contributed by atoms with Gasteiger partial charge in [-0.1, -0.05) is 107 Å². The molecule has 115 heavy (non-hydrogen) atoms. The molecule has 22 N–H and O–H groups in total. The first kappa shape index (κ1) is 92.5. The summed E-state index contributed by atoms with van der Waals surface area (Å²) in [6.45, 7) is -0.184. The van der Waals surface area contributed by atoms with E-state index >= 15 is 0 Å². The van der Waals surface area contributed by atoms with E-state index in [1.54, 1.807) is 84.4 Å². The van der Waals surface area contributed by atoms with Crippen LogP contribution in [0.5, 0.6) is 5.75 Å². The van der Waals surface area contributed by atoms with Gasteiger partial charge in [-0.2, -0.15) is 0 Å². The molecule has 39 nitrogen and oxygen atoms in total. The van der Waals surface area contributed by atoms with E-state index in [1.807, 2.05) is 0 Å². The van der Waals surface area contributed by atoms with Crippen LogP contribution < -0.4 is 59.3 Å². The third-order valence-electron chi connectivity index (χ3n) is 19.5. The van der Waals surface area contributed by atoms with E-state index in [0.717, 1.165) is 19.3 Å². The lowest BCUT2D eigenvalue weighted by Crippen LogP contribution is -2.61. The minimum absolute atomic E-state index is 0.00256. The molecule has 39 heteroatoms. The number of para-hydroxylation sites is 1. The summed E-state index contributed by atoms with van der Waals surface area (Å²) in [5, 5.41) is 104. The Labute approximate surface area is 663 Å². The molecular weight excluding hydrogens is 1500 g/mol. The van der Waals surface area contributed by atoms with E-state index in [4.69, 9.17) is 11.5 Å². The normalized spacial score (nSPS) is 16.6. The van der Waals surface area contributed by atoms with E-state index in [-0.39, 0.29) is 127 Å². The highest BCUT2D eigenvalue weighted by atomic mass is 16.4. The molecule has 0 unspecified atom stereocenters. The average molecular weight is 1610 g/mol. The molecule has 1 aliphatic carbocycles. The number of rotatable bonds is 44. The number of carbonyl (C=O) groups excluding carboxylic acids is 9. The SMILES string of the molecule is CC(C)C[C@H](NC(=O)[C@H](Cc1ccc(O)cc1)NC(=O)[C@@H](CCCN=C(N)N)NC(=O)[C@@H](CO)NC(=O)[C@H](Cc1ccccc1)NC(=O)[C@H](CC1CCCCC1)NC(=O)[C@H](CC(=O)O)NC(=O)CN1CCN(CC(=O)O)CCN(CC(=O)O)CCN(CC(=O)O)CC1)C(=O)N[C@@H](Cc1c[nH]c2ccccc12)C(=O)N[C@@H](CO)C(=O)O. The van der Waals surface area contributed by atoms with Gasteiger partial charge in [0.05, 0.1) is 45.8 Å².